The molecule has 0 aromatic heterocycles. The van der Waals surface area contributed by atoms with Crippen LogP contribution in [-0.2, 0) is 10.0 Å². The van der Waals surface area contributed by atoms with Crippen molar-refractivity contribution in [1.29, 1.82) is 0 Å². The molecule has 1 aromatic carbocycles. The Balaban J connectivity index is 2.04. The highest BCUT2D eigenvalue weighted by molar-refractivity contribution is 7.89. The third-order valence-electron chi connectivity index (χ3n) is 4.36. The Labute approximate surface area is 128 Å². The fourth-order valence-corrected chi connectivity index (χ4v) is 4.60. The van der Waals surface area contributed by atoms with Crippen LogP contribution in [0.1, 0.15) is 32.3 Å². The van der Waals surface area contributed by atoms with Crippen molar-refractivity contribution in [2.75, 3.05) is 19.6 Å². The lowest BCUT2D eigenvalue weighted by atomic mass is 9.91. The van der Waals surface area contributed by atoms with E-state index in [-0.39, 0.29) is 0 Å². The molecule has 1 aliphatic rings. The summed E-state index contributed by atoms with van der Waals surface area (Å²) in [6, 6.07) is 7.63. The molecule has 1 saturated heterocycles. The average molecular weight is 310 g/mol. The van der Waals surface area contributed by atoms with E-state index in [2.05, 4.69) is 19.2 Å². The Morgan fingerprint density at radius 3 is 2.57 bits per heavy atom. The number of piperidine rings is 1. The van der Waals surface area contributed by atoms with E-state index in [0.29, 0.717) is 29.9 Å². The van der Waals surface area contributed by atoms with Crippen LogP contribution in [0.5, 0.6) is 0 Å². The standard InChI is InChI=1S/C16H26N2O2S/c1-4-17-14(3)15-8-10-18(11-9-15)21(19,20)16-7-5-6-13(2)12-16/h5-7,12,14-15,17H,4,8-11H2,1-3H3. The van der Waals surface area contributed by atoms with Gasteiger partial charge >= 0.3 is 0 Å². The van der Waals surface area contributed by atoms with E-state index in [1.165, 1.54) is 0 Å². The average Bonchev–Trinajstić information content (AvgIpc) is 2.47. The monoisotopic (exact) mass is 310 g/mol. The van der Waals surface area contributed by atoms with E-state index < -0.39 is 10.0 Å². The van der Waals surface area contributed by atoms with Crippen LogP contribution in [0.25, 0.3) is 0 Å². The van der Waals surface area contributed by atoms with Crippen LogP contribution >= 0.6 is 0 Å². The minimum absolute atomic E-state index is 0.417. The molecule has 0 radical (unpaired) electrons. The first-order valence-electron chi connectivity index (χ1n) is 7.75. The minimum Gasteiger partial charge on any atom is -0.314 e. The summed E-state index contributed by atoms with van der Waals surface area (Å²) < 4.78 is 26.9. The molecule has 0 spiro atoms. The normalized spacial score (nSPS) is 19.6. The van der Waals surface area contributed by atoms with Gasteiger partial charge < -0.3 is 5.32 Å². The van der Waals surface area contributed by atoms with Gasteiger partial charge in [-0.25, -0.2) is 8.42 Å². The van der Waals surface area contributed by atoms with E-state index in [0.717, 1.165) is 24.9 Å². The number of benzene rings is 1. The van der Waals surface area contributed by atoms with E-state index >= 15 is 0 Å². The van der Waals surface area contributed by atoms with Crippen molar-refractivity contribution in [1.82, 2.24) is 9.62 Å². The zero-order valence-electron chi connectivity index (χ0n) is 13.2. The first kappa shape index (κ1) is 16.5. The van der Waals surface area contributed by atoms with E-state index in [1.807, 2.05) is 19.1 Å². The lowest BCUT2D eigenvalue weighted by molar-refractivity contribution is 0.233. The first-order valence-corrected chi connectivity index (χ1v) is 9.19. The van der Waals surface area contributed by atoms with Crippen LogP contribution in [0.2, 0.25) is 0 Å². The molecule has 5 heteroatoms. The van der Waals surface area contributed by atoms with E-state index in [9.17, 15) is 8.42 Å². The molecule has 0 bridgehead atoms. The summed E-state index contributed by atoms with van der Waals surface area (Å²) in [4.78, 5) is 0.417. The quantitative estimate of drug-likeness (QED) is 0.908. The van der Waals surface area contributed by atoms with Crippen molar-refractivity contribution in [3.05, 3.63) is 29.8 Å². The fraction of sp³-hybridized carbons (Fsp3) is 0.625. The smallest absolute Gasteiger partial charge is 0.243 e. The molecule has 1 aliphatic heterocycles. The van der Waals surface area contributed by atoms with E-state index in [4.69, 9.17) is 0 Å². The maximum absolute atomic E-state index is 12.7. The van der Waals surface area contributed by atoms with Gasteiger partial charge in [0.15, 0.2) is 0 Å². The topological polar surface area (TPSA) is 49.4 Å². The highest BCUT2D eigenvalue weighted by Gasteiger charge is 2.31. The molecule has 1 heterocycles. The number of hydrogen-bond donors (Lipinski definition) is 1. The first-order chi connectivity index (χ1) is 9.95. The number of aryl methyl sites for hydroxylation is 1. The van der Waals surface area contributed by atoms with Crippen molar-refractivity contribution in [2.24, 2.45) is 5.92 Å². The lowest BCUT2D eigenvalue weighted by Crippen LogP contribution is -2.44. The van der Waals surface area contributed by atoms with Crippen molar-refractivity contribution >= 4 is 10.0 Å². The number of nitrogens with one attached hydrogen (secondary N) is 1. The summed E-state index contributed by atoms with van der Waals surface area (Å²) >= 11 is 0. The second kappa shape index (κ2) is 6.90. The van der Waals surface area contributed by atoms with Gasteiger partial charge in [-0.2, -0.15) is 4.31 Å². The van der Waals surface area contributed by atoms with Gasteiger partial charge in [0.1, 0.15) is 0 Å². The molecule has 1 fully saturated rings. The maximum atomic E-state index is 12.7. The van der Waals surface area contributed by atoms with E-state index in [1.54, 1.807) is 16.4 Å². The number of hydrogen-bond acceptors (Lipinski definition) is 3. The number of rotatable bonds is 5. The predicted molar refractivity (Wildman–Crippen MR) is 85.8 cm³/mol. The summed E-state index contributed by atoms with van der Waals surface area (Å²) in [6.45, 7) is 8.42. The molecular formula is C16H26N2O2S. The van der Waals surface area contributed by atoms with Crippen LogP contribution in [0.15, 0.2) is 29.2 Å². The molecule has 1 atom stereocenters. The van der Waals surface area contributed by atoms with Crippen LogP contribution in [0.4, 0.5) is 0 Å². The highest BCUT2D eigenvalue weighted by Crippen LogP contribution is 2.26. The summed E-state index contributed by atoms with van der Waals surface area (Å²) in [5, 5.41) is 3.44. The van der Waals surface area contributed by atoms with Gasteiger partial charge in [-0.3, -0.25) is 0 Å². The molecule has 1 N–H and O–H groups in total. The largest absolute Gasteiger partial charge is 0.314 e. The summed E-state index contributed by atoms with van der Waals surface area (Å²) in [5.74, 6) is 0.564. The molecule has 21 heavy (non-hydrogen) atoms. The number of nitrogens with zero attached hydrogens (tertiary/aromatic N) is 1. The zero-order chi connectivity index (χ0) is 15.5. The van der Waals surface area contributed by atoms with Crippen molar-refractivity contribution in [3.8, 4) is 0 Å². The third-order valence-corrected chi connectivity index (χ3v) is 6.25. The number of sulfonamides is 1. The van der Waals surface area contributed by atoms with Gasteiger partial charge in [-0.05, 0) is 56.8 Å². The molecule has 1 unspecified atom stereocenters. The molecule has 0 aliphatic carbocycles. The minimum atomic E-state index is -3.33. The second-order valence-corrected chi connectivity index (χ2v) is 7.84. The highest BCUT2D eigenvalue weighted by atomic mass is 32.2. The summed E-state index contributed by atoms with van der Waals surface area (Å²) in [5.41, 5.74) is 0.978. The molecule has 1 aromatic rings. The van der Waals surface area contributed by atoms with Gasteiger partial charge in [0.2, 0.25) is 10.0 Å². The van der Waals surface area contributed by atoms with Crippen molar-refractivity contribution < 1.29 is 8.42 Å². The van der Waals surface area contributed by atoms with Crippen molar-refractivity contribution in [3.63, 3.8) is 0 Å². The van der Waals surface area contributed by atoms with Crippen LogP contribution in [-0.4, -0.2) is 38.4 Å². The molecule has 0 amide bonds. The van der Waals surface area contributed by atoms with Gasteiger partial charge in [0.25, 0.3) is 0 Å². The Bertz CT molecular complexity index is 563. The molecule has 4 nitrogen and oxygen atoms in total. The summed E-state index contributed by atoms with van der Waals surface area (Å²) in [7, 11) is -3.33. The Kier molecular flexibility index (Phi) is 5.41. The third kappa shape index (κ3) is 3.84. The van der Waals surface area contributed by atoms with Gasteiger partial charge in [-0.15, -0.1) is 0 Å². The zero-order valence-corrected chi connectivity index (χ0v) is 14.0. The van der Waals surface area contributed by atoms with Crippen molar-refractivity contribution in [2.45, 2.75) is 44.6 Å². The fourth-order valence-electron chi connectivity index (χ4n) is 3.03. The van der Waals surface area contributed by atoms with Gasteiger partial charge in [0.05, 0.1) is 4.90 Å². The van der Waals surface area contributed by atoms with Crippen LogP contribution < -0.4 is 5.32 Å². The maximum Gasteiger partial charge on any atom is 0.243 e. The SMILES string of the molecule is CCNC(C)C1CCN(S(=O)(=O)c2cccc(C)c2)CC1. The second-order valence-electron chi connectivity index (χ2n) is 5.90. The Hall–Kier alpha value is -0.910. The van der Waals surface area contributed by atoms with Gasteiger partial charge in [0, 0.05) is 19.1 Å². The Morgan fingerprint density at radius 2 is 2.00 bits per heavy atom. The van der Waals surface area contributed by atoms with Crippen LogP contribution in [0, 0.1) is 12.8 Å². The predicted octanol–water partition coefficient (Wildman–Crippen LogP) is 2.39. The van der Waals surface area contributed by atoms with Crippen LogP contribution in [0.3, 0.4) is 0 Å². The molecule has 0 saturated carbocycles. The summed E-state index contributed by atoms with van der Waals surface area (Å²) in [6.07, 6.45) is 1.86. The lowest BCUT2D eigenvalue weighted by Gasteiger charge is -2.34. The Morgan fingerprint density at radius 1 is 1.33 bits per heavy atom. The van der Waals surface area contributed by atoms with Gasteiger partial charge in [-0.1, -0.05) is 19.1 Å². The molecular weight excluding hydrogens is 284 g/mol. The molecule has 2 rings (SSSR count). The molecule has 118 valence electrons.